The molecule has 28 heavy (non-hydrogen) atoms. The second-order valence-electron chi connectivity index (χ2n) is 6.82. The number of carbonyl (C=O) groups is 2. The molecule has 2 aromatic rings. The number of para-hydroxylation sites is 1. The number of carbonyl (C=O) groups excluding carboxylic acids is 1. The molecule has 9 nitrogen and oxygen atoms in total. The van der Waals surface area contributed by atoms with Crippen LogP contribution < -0.4 is 10.3 Å². The quantitative estimate of drug-likeness (QED) is 0.800. The summed E-state index contributed by atoms with van der Waals surface area (Å²) in [6.07, 6.45) is 2.10. The molecule has 2 aliphatic heterocycles. The van der Waals surface area contributed by atoms with E-state index in [1.807, 2.05) is 19.2 Å². The standard InChI is InChI=1S/C19H21N5O4/c1-23-15(7-9-20-23)17-13(8-10-28-17)21-18(25)14-11-16(19(26)27)24(22-14)12-5-3-2-4-6-12/h2-7,9,13,16-17H,8,10-11H2,1H3,(H,21,25)(H,26,27)/t13-,16?,17-/m0/s1. The van der Waals surface area contributed by atoms with E-state index in [1.54, 1.807) is 35.1 Å². The van der Waals surface area contributed by atoms with E-state index in [0.29, 0.717) is 18.7 Å². The Bertz CT molecular complexity index is 910. The van der Waals surface area contributed by atoms with E-state index in [0.717, 1.165) is 5.69 Å². The van der Waals surface area contributed by atoms with E-state index >= 15 is 0 Å². The summed E-state index contributed by atoms with van der Waals surface area (Å²) >= 11 is 0. The first-order valence-corrected chi connectivity index (χ1v) is 9.09. The molecule has 1 unspecified atom stereocenters. The molecule has 1 aromatic heterocycles. The second-order valence-corrected chi connectivity index (χ2v) is 6.82. The molecular weight excluding hydrogens is 362 g/mol. The Morgan fingerprint density at radius 1 is 1.25 bits per heavy atom. The van der Waals surface area contributed by atoms with Crippen molar-refractivity contribution >= 4 is 23.3 Å². The SMILES string of the molecule is Cn1nccc1[C@H]1OCC[C@@H]1NC(=O)C1=NN(c2ccccc2)C(C(=O)O)C1. The van der Waals surface area contributed by atoms with Gasteiger partial charge in [0.2, 0.25) is 0 Å². The van der Waals surface area contributed by atoms with Crippen LogP contribution in [0.5, 0.6) is 0 Å². The molecule has 1 aromatic carbocycles. The van der Waals surface area contributed by atoms with Crippen molar-refractivity contribution in [2.45, 2.75) is 31.0 Å². The number of rotatable bonds is 5. The van der Waals surface area contributed by atoms with E-state index in [-0.39, 0.29) is 30.2 Å². The van der Waals surface area contributed by atoms with Crippen molar-refractivity contribution in [3.05, 3.63) is 48.3 Å². The van der Waals surface area contributed by atoms with Gasteiger partial charge in [-0.15, -0.1) is 0 Å². The van der Waals surface area contributed by atoms with Crippen LogP contribution in [0, 0.1) is 0 Å². The van der Waals surface area contributed by atoms with Crippen molar-refractivity contribution in [2.75, 3.05) is 11.6 Å². The predicted molar refractivity (Wildman–Crippen MR) is 101 cm³/mol. The molecule has 2 aliphatic rings. The Balaban J connectivity index is 1.51. The number of nitrogens with zero attached hydrogens (tertiary/aromatic N) is 4. The highest BCUT2D eigenvalue weighted by atomic mass is 16.5. The van der Waals surface area contributed by atoms with E-state index in [1.165, 1.54) is 5.01 Å². The van der Waals surface area contributed by atoms with Crippen LogP contribution in [-0.2, 0) is 21.4 Å². The van der Waals surface area contributed by atoms with E-state index < -0.39 is 12.0 Å². The molecule has 146 valence electrons. The first-order valence-electron chi connectivity index (χ1n) is 9.09. The number of carboxylic acid groups (broad SMARTS) is 1. The number of nitrogens with one attached hydrogen (secondary N) is 1. The van der Waals surface area contributed by atoms with E-state index in [9.17, 15) is 14.7 Å². The molecule has 0 bridgehead atoms. The predicted octanol–water partition coefficient (Wildman–Crippen LogP) is 1.09. The molecule has 0 radical (unpaired) electrons. The van der Waals surface area contributed by atoms with Gasteiger partial charge in [0.05, 0.1) is 17.4 Å². The minimum Gasteiger partial charge on any atom is -0.480 e. The number of hydrogen-bond acceptors (Lipinski definition) is 6. The molecule has 0 saturated carbocycles. The molecular formula is C19H21N5O4. The van der Waals surface area contributed by atoms with Crippen molar-refractivity contribution in [1.29, 1.82) is 0 Å². The van der Waals surface area contributed by atoms with Crippen molar-refractivity contribution in [2.24, 2.45) is 12.1 Å². The van der Waals surface area contributed by atoms with Gasteiger partial charge in [0.1, 0.15) is 11.8 Å². The van der Waals surface area contributed by atoms with Gasteiger partial charge >= 0.3 is 5.97 Å². The normalized spacial score (nSPS) is 24.2. The summed E-state index contributed by atoms with van der Waals surface area (Å²) in [7, 11) is 1.83. The van der Waals surface area contributed by atoms with Gasteiger partial charge in [0.25, 0.3) is 5.91 Å². The van der Waals surface area contributed by atoms with Crippen LogP contribution in [0.2, 0.25) is 0 Å². The van der Waals surface area contributed by atoms with Crippen LogP contribution in [-0.4, -0.2) is 51.2 Å². The van der Waals surface area contributed by atoms with Gasteiger partial charge < -0.3 is 15.2 Å². The summed E-state index contributed by atoms with van der Waals surface area (Å²) in [5.74, 6) is -1.39. The number of amides is 1. The number of benzene rings is 1. The molecule has 0 aliphatic carbocycles. The zero-order chi connectivity index (χ0) is 19.7. The molecule has 4 rings (SSSR count). The van der Waals surface area contributed by atoms with Crippen LogP contribution in [0.25, 0.3) is 0 Å². The first-order chi connectivity index (χ1) is 13.5. The highest BCUT2D eigenvalue weighted by molar-refractivity contribution is 6.40. The number of hydrogen-bond donors (Lipinski definition) is 2. The zero-order valence-electron chi connectivity index (χ0n) is 15.4. The van der Waals surface area contributed by atoms with Crippen molar-refractivity contribution in [3.8, 4) is 0 Å². The Kier molecular flexibility index (Phi) is 4.82. The summed E-state index contributed by atoms with van der Waals surface area (Å²) in [5, 5.41) is 22.4. The number of hydrazone groups is 1. The average molecular weight is 383 g/mol. The molecule has 1 saturated heterocycles. The smallest absolute Gasteiger partial charge is 0.328 e. The fraction of sp³-hybridized carbons (Fsp3) is 0.368. The number of aryl methyl sites for hydroxylation is 1. The number of carboxylic acids is 1. The number of aromatic nitrogens is 2. The number of ether oxygens (including phenoxy) is 1. The van der Waals surface area contributed by atoms with Gasteiger partial charge in [0.15, 0.2) is 6.04 Å². The van der Waals surface area contributed by atoms with E-state index in [2.05, 4.69) is 15.5 Å². The van der Waals surface area contributed by atoms with Gasteiger partial charge in [-0.3, -0.25) is 14.5 Å². The topological polar surface area (TPSA) is 109 Å². The van der Waals surface area contributed by atoms with Gasteiger partial charge in [-0.1, -0.05) is 18.2 Å². The Labute approximate surface area is 161 Å². The van der Waals surface area contributed by atoms with Crippen LogP contribution in [0.3, 0.4) is 0 Å². The van der Waals surface area contributed by atoms with Gasteiger partial charge in [0, 0.05) is 26.3 Å². The molecule has 1 amide bonds. The zero-order valence-corrected chi connectivity index (χ0v) is 15.4. The largest absolute Gasteiger partial charge is 0.480 e. The molecule has 3 atom stereocenters. The summed E-state index contributed by atoms with van der Waals surface area (Å²) in [6.45, 7) is 0.529. The Morgan fingerprint density at radius 2 is 2.04 bits per heavy atom. The lowest BCUT2D eigenvalue weighted by Gasteiger charge is -2.19. The second kappa shape index (κ2) is 7.43. The molecule has 0 spiro atoms. The van der Waals surface area contributed by atoms with Crippen LogP contribution in [0.4, 0.5) is 5.69 Å². The lowest BCUT2D eigenvalue weighted by molar-refractivity contribution is -0.138. The molecule has 3 heterocycles. The number of aliphatic carboxylic acids is 1. The van der Waals surface area contributed by atoms with Crippen molar-refractivity contribution < 1.29 is 19.4 Å². The summed E-state index contributed by atoms with van der Waals surface area (Å²) in [4.78, 5) is 24.5. The first kappa shape index (κ1) is 18.2. The molecule has 1 fully saturated rings. The fourth-order valence-corrected chi connectivity index (χ4v) is 3.60. The maximum Gasteiger partial charge on any atom is 0.328 e. The highest BCUT2D eigenvalue weighted by Gasteiger charge is 2.38. The molecule has 9 heteroatoms. The summed E-state index contributed by atoms with van der Waals surface area (Å²) in [6, 6.07) is 9.71. The third-order valence-corrected chi connectivity index (χ3v) is 5.04. The maximum absolute atomic E-state index is 12.8. The minimum absolute atomic E-state index is 0.0417. The Morgan fingerprint density at radius 3 is 2.71 bits per heavy atom. The highest BCUT2D eigenvalue weighted by Crippen LogP contribution is 2.29. The average Bonchev–Trinajstić information content (AvgIpc) is 3.41. The van der Waals surface area contributed by atoms with Crippen LogP contribution in [0.1, 0.15) is 24.6 Å². The third-order valence-electron chi connectivity index (χ3n) is 5.04. The maximum atomic E-state index is 12.8. The Hall–Kier alpha value is -3.20. The third kappa shape index (κ3) is 3.36. The van der Waals surface area contributed by atoms with Crippen LogP contribution >= 0.6 is 0 Å². The number of anilines is 1. The summed E-state index contributed by atoms with van der Waals surface area (Å²) in [5.41, 5.74) is 1.71. The van der Waals surface area contributed by atoms with Gasteiger partial charge in [-0.25, -0.2) is 4.79 Å². The fourth-order valence-electron chi connectivity index (χ4n) is 3.60. The molecule has 2 N–H and O–H groups in total. The minimum atomic E-state index is -1.02. The van der Waals surface area contributed by atoms with Gasteiger partial charge in [-0.05, 0) is 24.6 Å². The monoisotopic (exact) mass is 383 g/mol. The van der Waals surface area contributed by atoms with E-state index in [4.69, 9.17) is 4.74 Å². The van der Waals surface area contributed by atoms with Crippen molar-refractivity contribution in [3.63, 3.8) is 0 Å². The van der Waals surface area contributed by atoms with Crippen molar-refractivity contribution in [1.82, 2.24) is 15.1 Å². The lowest BCUT2D eigenvalue weighted by atomic mass is 10.1. The van der Waals surface area contributed by atoms with Gasteiger partial charge in [-0.2, -0.15) is 10.2 Å². The summed E-state index contributed by atoms with van der Waals surface area (Å²) < 4.78 is 7.51. The van der Waals surface area contributed by atoms with Crippen LogP contribution in [0.15, 0.2) is 47.7 Å². The lowest BCUT2D eigenvalue weighted by Crippen LogP contribution is -2.41.